The lowest BCUT2D eigenvalue weighted by Gasteiger charge is -2.11. The Morgan fingerprint density at radius 3 is 2.42 bits per heavy atom. The first-order chi connectivity index (χ1) is 8.64. The molecule has 19 heavy (non-hydrogen) atoms. The average Bonchev–Trinajstić information content (AvgIpc) is 2.63. The zero-order valence-corrected chi connectivity index (χ0v) is 12.6. The number of sulfonamides is 1. The fraction of sp³-hybridized carbons (Fsp3) is 0.600. The van der Waals surface area contributed by atoms with Crippen LogP contribution in [0.4, 0.5) is 0 Å². The molecule has 1 heterocycles. The molecule has 0 saturated heterocycles. The van der Waals surface area contributed by atoms with Gasteiger partial charge in [-0.2, -0.15) is 0 Å². The largest absolute Gasteiger partial charge is 0.447 e. The van der Waals surface area contributed by atoms with Crippen LogP contribution in [0, 0.1) is 0 Å². The van der Waals surface area contributed by atoms with Crippen LogP contribution >= 0.6 is 0 Å². The van der Waals surface area contributed by atoms with Crippen molar-refractivity contribution >= 4 is 19.9 Å². The maximum absolute atomic E-state index is 11.9. The van der Waals surface area contributed by atoms with Gasteiger partial charge in [0.1, 0.15) is 15.6 Å². The van der Waals surface area contributed by atoms with Crippen molar-refractivity contribution in [1.82, 2.24) is 10.0 Å². The van der Waals surface area contributed by atoms with Crippen LogP contribution in [-0.4, -0.2) is 41.9 Å². The number of hydrogen-bond acceptors (Lipinski definition) is 6. The summed E-state index contributed by atoms with van der Waals surface area (Å²) in [4.78, 5) is 0. The fourth-order valence-corrected chi connectivity index (χ4v) is 3.87. The highest BCUT2D eigenvalue weighted by molar-refractivity contribution is 7.91. The van der Waals surface area contributed by atoms with Crippen LogP contribution in [0.1, 0.15) is 12.7 Å². The zero-order valence-electron chi connectivity index (χ0n) is 11.0. The lowest BCUT2D eigenvalue weighted by atomic mass is 10.4. The first-order valence-corrected chi connectivity index (χ1v) is 9.12. The average molecular weight is 310 g/mol. The van der Waals surface area contributed by atoms with Crippen molar-refractivity contribution in [3.8, 4) is 0 Å². The van der Waals surface area contributed by atoms with Crippen LogP contribution in [0.5, 0.6) is 0 Å². The summed E-state index contributed by atoms with van der Waals surface area (Å²) in [5.74, 6) is 0.217. The molecule has 1 aromatic heterocycles. The number of furan rings is 1. The summed E-state index contributed by atoms with van der Waals surface area (Å²) in [7, 11) is -5.38. The Labute approximate surface area is 113 Å². The Hall–Kier alpha value is -0.900. The summed E-state index contributed by atoms with van der Waals surface area (Å²) in [6.45, 7) is 1.89. The van der Waals surface area contributed by atoms with Crippen molar-refractivity contribution in [1.29, 1.82) is 0 Å². The Kier molecular flexibility index (Phi) is 5.13. The van der Waals surface area contributed by atoms with Crippen LogP contribution in [0.15, 0.2) is 21.6 Å². The standard InChI is InChI=1S/C10H18N2O5S2/c1-8(7-18(3,13)14)12-19(15,16)10-5-4-9(17-10)6-11-2/h4-5,8,11-12H,6-7H2,1-3H3. The van der Waals surface area contributed by atoms with E-state index in [1.807, 2.05) is 0 Å². The zero-order chi connectivity index (χ0) is 14.7. The van der Waals surface area contributed by atoms with Gasteiger partial charge in [0, 0.05) is 12.3 Å². The molecule has 7 nitrogen and oxygen atoms in total. The minimum atomic E-state index is -3.84. The minimum absolute atomic E-state index is 0.224. The summed E-state index contributed by atoms with van der Waals surface area (Å²) in [5, 5.41) is 2.61. The van der Waals surface area contributed by atoms with E-state index < -0.39 is 25.9 Å². The number of sulfone groups is 1. The van der Waals surface area contributed by atoms with Crippen LogP contribution < -0.4 is 10.0 Å². The minimum Gasteiger partial charge on any atom is -0.447 e. The van der Waals surface area contributed by atoms with Gasteiger partial charge in [-0.05, 0) is 26.1 Å². The molecule has 0 amide bonds. The predicted molar refractivity (Wildman–Crippen MR) is 71.0 cm³/mol. The second kappa shape index (κ2) is 6.04. The molecule has 2 N–H and O–H groups in total. The van der Waals surface area contributed by atoms with Gasteiger partial charge >= 0.3 is 0 Å². The van der Waals surface area contributed by atoms with E-state index in [1.165, 1.54) is 13.0 Å². The smallest absolute Gasteiger partial charge is 0.274 e. The quantitative estimate of drug-likeness (QED) is 0.717. The van der Waals surface area contributed by atoms with Crippen LogP contribution in [0.3, 0.4) is 0 Å². The molecule has 0 aromatic carbocycles. The molecule has 0 aliphatic carbocycles. The summed E-state index contributed by atoms with van der Waals surface area (Å²) in [6.07, 6.45) is 1.05. The molecule has 0 radical (unpaired) electrons. The summed E-state index contributed by atoms with van der Waals surface area (Å²) < 4.78 is 53.4. The van der Waals surface area contributed by atoms with E-state index in [2.05, 4.69) is 10.0 Å². The Morgan fingerprint density at radius 1 is 1.26 bits per heavy atom. The van der Waals surface area contributed by atoms with Crippen molar-refractivity contribution in [3.63, 3.8) is 0 Å². The highest BCUT2D eigenvalue weighted by Gasteiger charge is 2.23. The monoisotopic (exact) mass is 310 g/mol. The molecule has 0 aliphatic rings. The Morgan fingerprint density at radius 2 is 1.89 bits per heavy atom. The van der Waals surface area contributed by atoms with Crippen molar-refractivity contribution in [3.05, 3.63) is 17.9 Å². The molecule has 0 bridgehead atoms. The van der Waals surface area contributed by atoms with Gasteiger partial charge in [-0.3, -0.25) is 0 Å². The first-order valence-electron chi connectivity index (χ1n) is 5.57. The van der Waals surface area contributed by atoms with E-state index in [4.69, 9.17) is 4.42 Å². The van der Waals surface area contributed by atoms with Gasteiger partial charge in [0.25, 0.3) is 10.0 Å². The third-order valence-electron chi connectivity index (χ3n) is 2.16. The first kappa shape index (κ1) is 16.2. The molecule has 0 spiro atoms. The highest BCUT2D eigenvalue weighted by Crippen LogP contribution is 2.14. The third kappa shape index (κ3) is 5.31. The van der Waals surface area contributed by atoms with Crippen molar-refractivity contribution < 1.29 is 21.3 Å². The summed E-state index contributed by atoms with van der Waals surface area (Å²) in [5.41, 5.74) is 0. The maximum Gasteiger partial charge on any atom is 0.274 e. The van der Waals surface area contributed by atoms with E-state index in [1.54, 1.807) is 13.1 Å². The van der Waals surface area contributed by atoms with Gasteiger partial charge in [-0.25, -0.2) is 21.6 Å². The lowest BCUT2D eigenvalue weighted by molar-refractivity contribution is 0.403. The van der Waals surface area contributed by atoms with Crippen molar-refractivity contribution in [2.75, 3.05) is 19.1 Å². The molecule has 110 valence electrons. The fourth-order valence-electron chi connectivity index (χ4n) is 1.58. The molecule has 1 rings (SSSR count). The normalized spacial score (nSPS) is 14.5. The van der Waals surface area contributed by atoms with E-state index in [-0.39, 0.29) is 10.8 Å². The molecule has 9 heteroatoms. The van der Waals surface area contributed by atoms with Gasteiger partial charge in [-0.15, -0.1) is 0 Å². The molecule has 0 fully saturated rings. The molecule has 1 atom stereocenters. The van der Waals surface area contributed by atoms with Crippen LogP contribution in [0.2, 0.25) is 0 Å². The van der Waals surface area contributed by atoms with Crippen LogP contribution in [-0.2, 0) is 26.4 Å². The lowest BCUT2D eigenvalue weighted by Crippen LogP contribution is -2.37. The SMILES string of the molecule is CNCc1ccc(S(=O)(=O)NC(C)CS(C)(=O)=O)o1. The predicted octanol–water partition coefficient (Wildman–Crippen LogP) is -0.290. The summed E-state index contributed by atoms with van der Waals surface area (Å²) in [6, 6.07) is 2.16. The van der Waals surface area contributed by atoms with Crippen molar-refractivity contribution in [2.45, 2.75) is 24.6 Å². The molecule has 1 aromatic rings. The Balaban J connectivity index is 2.80. The molecule has 1 unspecified atom stereocenters. The molecular formula is C10H18N2O5S2. The van der Waals surface area contributed by atoms with Gasteiger partial charge in [-0.1, -0.05) is 0 Å². The van der Waals surface area contributed by atoms with E-state index >= 15 is 0 Å². The van der Waals surface area contributed by atoms with E-state index in [0.717, 1.165) is 6.26 Å². The van der Waals surface area contributed by atoms with Crippen molar-refractivity contribution in [2.24, 2.45) is 0 Å². The summed E-state index contributed by atoms with van der Waals surface area (Å²) >= 11 is 0. The second-order valence-corrected chi connectivity index (χ2v) is 8.20. The maximum atomic E-state index is 11.9. The number of hydrogen-bond donors (Lipinski definition) is 2. The molecule has 0 aliphatic heterocycles. The van der Waals surface area contributed by atoms with Gasteiger partial charge in [0.15, 0.2) is 0 Å². The molecular weight excluding hydrogens is 292 g/mol. The molecule has 0 saturated carbocycles. The van der Waals surface area contributed by atoms with Crippen LogP contribution in [0.25, 0.3) is 0 Å². The van der Waals surface area contributed by atoms with Gasteiger partial charge in [0.2, 0.25) is 5.09 Å². The topological polar surface area (TPSA) is 105 Å². The number of rotatable bonds is 7. The van der Waals surface area contributed by atoms with E-state index in [0.29, 0.717) is 12.3 Å². The highest BCUT2D eigenvalue weighted by atomic mass is 32.2. The number of nitrogens with one attached hydrogen (secondary N) is 2. The Bertz CT molecular complexity index is 618. The van der Waals surface area contributed by atoms with Gasteiger partial charge in [0.05, 0.1) is 12.3 Å². The second-order valence-electron chi connectivity index (χ2n) is 4.37. The van der Waals surface area contributed by atoms with E-state index in [9.17, 15) is 16.8 Å². The van der Waals surface area contributed by atoms with Gasteiger partial charge < -0.3 is 9.73 Å². The third-order valence-corrected chi connectivity index (χ3v) is 4.73.